The van der Waals surface area contributed by atoms with Crippen LogP contribution in [0, 0.1) is 0 Å². The summed E-state index contributed by atoms with van der Waals surface area (Å²) in [4.78, 5) is 54.3. The minimum Gasteiger partial charge on any atom is -0.466 e. The van der Waals surface area contributed by atoms with E-state index >= 15 is 0 Å². The van der Waals surface area contributed by atoms with Gasteiger partial charge < -0.3 is 28.7 Å². The molecule has 2 aliphatic heterocycles. The summed E-state index contributed by atoms with van der Waals surface area (Å²) in [5, 5.41) is 0. The van der Waals surface area contributed by atoms with Gasteiger partial charge >= 0.3 is 23.9 Å². The molecule has 0 saturated heterocycles. The molecule has 0 aromatic carbocycles. The van der Waals surface area contributed by atoms with E-state index in [4.69, 9.17) is 18.9 Å². The van der Waals surface area contributed by atoms with E-state index in [1.54, 1.807) is 37.5 Å². The Hall–Kier alpha value is -3.04. The van der Waals surface area contributed by atoms with Crippen molar-refractivity contribution in [1.29, 1.82) is 0 Å². The van der Waals surface area contributed by atoms with Crippen LogP contribution >= 0.6 is 0 Å². The van der Waals surface area contributed by atoms with E-state index in [1.807, 2.05) is 0 Å². The van der Waals surface area contributed by atoms with Crippen LogP contribution in [0.25, 0.3) is 0 Å². The molecule has 2 atom stereocenters. The van der Waals surface area contributed by atoms with E-state index in [0.717, 1.165) is 0 Å². The topological polar surface area (TPSA) is 112 Å². The first-order chi connectivity index (χ1) is 14.1. The Labute approximate surface area is 175 Å². The number of carbonyl (C=O) groups is 4. The maximum Gasteiger partial charge on any atom is 0.355 e. The largest absolute Gasteiger partial charge is 0.466 e. The van der Waals surface area contributed by atoms with E-state index in [-0.39, 0.29) is 34.6 Å². The summed E-state index contributed by atoms with van der Waals surface area (Å²) >= 11 is 0. The molecule has 0 bridgehead atoms. The lowest BCUT2D eigenvalue weighted by Crippen LogP contribution is -2.48. The second kappa shape index (κ2) is 8.76. The van der Waals surface area contributed by atoms with Crippen molar-refractivity contribution in [2.75, 3.05) is 28.4 Å². The van der Waals surface area contributed by atoms with Crippen molar-refractivity contribution >= 4 is 23.9 Å². The molecule has 166 valence electrons. The fourth-order valence-corrected chi connectivity index (χ4v) is 4.17. The highest BCUT2D eigenvalue weighted by atomic mass is 16.5. The van der Waals surface area contributed by atoms with Crippen molar-refractivity contribution in [3.8, 4) is 0 Å². The molecule has 0 amide bonds. The van der Waals surface area contributed by atoms with Crippen LogP contribution in [-0.4, -0.2) is 86.3 Å². The number of esters is 4. The first-order valence-corrected chi connectivity index (χ1v) is 9.47. The van der Waals surface area contributed by atoms with Gasteiger partial charge in [0.1, 0.15) is 11.4 Å². The van der Waals surface area contributed by atoms with Crippen LogP contribution in [0.2, 0.25) is 0 Å². The van der Waals surface area contributed by atoms with Gasteiger partial charge in [0.2, 0.25) is 0 Å². The van der Waals surface area contributed by atoms with E-state index in [1.165, 1.54) is 28.4 Å². The smallest absolute Gasteiger partial charge is 0.355 e. The van der Waals surface area contributed by atoms with Gasteiger partial charge in [0.25, 0.3) is 0 Å². The van der Waals surface area contributed by atoms with E-state index in [2.05, 4.69) is 0 Å². The van der Waals surface area contributed by atoms with Crippen molar-refractivity contribution in [2.24, 2.45) is 0 Å². The van der Waals surface area contributed by atoms with Crippen LogP contribution in [-0.2, 0) is 38.1 Å². The Balaban J connectivity index is 2.93. The van der Waals surface area contributed by atoms with Gasteiger partial charge in [0.05, 0.1) is 51.7 Å². The van der Waals surface area contributed by atoms with E-state index in [0.29, 0.717) is 0 Å². The maximum absolute atomic E-state index is 12.8. The Morgan fingerprint density at radius 1 is 0.600 bits per heavy atom. The third kappa shape index (κ3) is 3.40. The van der Waals surface area contributed by atoms with Crippen molar-refractivity contribution in [2.45, 2.75) is 51.9 Å². The third-order valence-corrected chi connectivity index (χ3v) is 5.20. The minimum absolute atomic E-state index is 0.00896. The summed E-state index contributed by atoms with van der Waals surface area (Å²) in [6.45, 7) is 7.19. The van der Waals surface area contributed by atoms with Crippen molar-refractivity contribution in [1.82, 2.24) is 9.80 Å². The number of hydrogen-bond acceptors (Lipinski definition) is 10. The predicted molar refractivity (Wildman–Crippen MR) is 104 cm³/mol. The summed E-state index contributed by atoms with van der Waals surface area (Å²) in [6, 6.07) is -2.37. The SMILES string of the molecule is COC(=O)C1=C(C(=O)OC)N(C(C)C)[C@H]2C(C(=O)OC)=C(C(=O)OC)N(C(C)C)[C@H]12. The van der Waals surface area contributed by atoms with E-state index in [9.17, 15) is 19.2 Å². The summed E-state index contributed by atoms with van der Waals surface area (Å²) < 4.78 is 19.8. The lowest BCUT2D eigenvalue weighted by atomic mass is 9.98. The molecule has 0 spiro atoms. The molecule has 2 heterocycles. The molecule has 0 N–H and O–H groups in total. The molecule has 10 heteroatoms. The second-order valence-corrected chi connectivity index (χ2v) is 7.38. The van der Waals surface area contributed by atoms with Gasteiger partial charge in [-0.3, -0.25) is 0 Å². The second-order valence-electron chi connectivity index (χ2n) is 7.38. The third-order valence-electron chi connectivity index (χ3n) is 5.20. The summed E-state index contributed by atoms with van der Waals surface area (Å²) in [7, 11) is 4.80. The van der Waals surface area contributed by atoms with Gasteiger partial charge in [-0.2, -0.15) is 0 Å². The first-order valence-electron chi connectivity index (χ1n) is 9.47. The molecular formula is C20H28N2O8. The average molecular weight is 424 g/mol. The zero-order chi connectivity index (χ0) is 22.9. The molecule has 2 rings (SSSR count). The van der Waals surface area contributed by atoms with Gasteiger partial charge in [0, 0.05) is 12.1 Å². The molecule has 0 unspecified atom stereocenters. The van der Waals surface area contributed by atoms with Crippen LogP contribution in [0.5, 0.6) is 0 Å². The molecule has 2 aliphatic rings. The fourth-order valence-electron chi connectivity index (χ4n) is 4.17. The number of rotatable bonds is 6. The number of methoxy groups -OCH3 is 4. The maximum atomic E-state index is 12.8. The number of hydrogen-bond donors (Lipinski definition) is 0. The minimum atomic E-state index is -0.850. The Bertz CT molecular complexity index is 759. The van der Waals surface area contributed by atoms with Gasteiger partial charge in [0.15, 0.2) is 0 Å². The molecule has 0 saturated carbocycles. The number of carbonyl (C=O) groups excluding carboxylic acids is 4. The lowest BCUT2D eigenvalue weighted by molar-refractivity contribution is -0.141. The summed E-state index contributed by atoms with van der Waals surface area (Å²) in [5.74, 6) is -3.00. The zero-order valence-electron chi connectivity index (χ0n) is 18.5. The van der Waals surface area contributed by atoms with E-state index < -0.39 is 36.0 Å². The molecule has 10 nitrogen and oxygen atoms in total. The molecule has 0 aliphatic carbocycles. The van der Waals surface area contributed by atoms with Crippen molar-refractivity contribution in [3.63, 3.8) is 0 Å². The monoisotopic (exact) mass is 424 g/mol. The van der Waals surface area contributed by atoms with Crippen LogP contribution in [0.4, 0.5) is 0 Å². The fraction of sp³-hybridized carbons (Fsp3) is 0.600. The van der Waals surface area contributed by atoms with Gasteiger partial charge in [-0.15, -0.1) is 0 Å². The van der Waals surface area contributed by atoms with Crippen molar-refractivity contribution in [3.05, 3.63) is 22.5 Å². The Kier molecular flexibility index (Phi) is 6.79. The van der Waals surface area contributed by atoms with Gasteiger partial charge in [-0.1, -0.05) is 0 Å². The normalized spacial score (nSPS) is 20.7. The number of nitrogens with zero attached hydrogens (tertiary/aromatic N) is 2. The summed E-state index contributed by atoms with van der Waals surface area (Å²) in [5.41, 5.74) is 0.00440. The predicted octanol–water partition coefficient (Wildman–Crippen LogP) is 0.372. The van der Waals surface area contributed by atoms with Crippen LogP contribution < -0.4 is 0 Å². The Morgan fingerprint density at radius 2 is 0.867 bits per heavy atom. The summed E-state index contributed by atoms with van der Waals surface area (Å²) in [6.07, 6.45) is 0. The zero-order valence-corrected chi connectivity index (χ0v) is 18.5. The molecule has 0 fully saturated rings. The van der Waals surface area contributed by atoms with Crippen molar-refractivity contribution < 1.29 is 38.1 Å². The molecule has 0 aromatic rings. The number of ether oxygens (including phenoxy) is 4. The molecule has 0 radical (unpaired) electrons. The highest BCUT2D eigenvalue weighted by Gasteiger charge is 2.60. The number of fused-ring (bicyclic) bond motifs is 1. The Morgan fingerprint density at radius 3 is 1.07 bits per heavy atom. The molecule has 30 heavy (non-hydrogen) atoms. The highest BCUT2D eigenvalue weighted by Crippen LogP contribution is 2.47. The highest BCUT2D eigenvalue weighted by molar-refractivity contribution is 6.07. The molecule has 0 aromatic heterocycles. The van der Waals surface area contributed by atoms with Gasteiger partial charge in [-0.05, 0) is 27.7 Å². The van der Waals surface area contributed by atoms with Gasteiger partial charge in [-0.25, -0.2) is 19.2 Å². The lowest BCUT2D eigenvalue weighted by Gasteiger charge is -2.35. The van der Waals surface area contributed by atoms with Crippen LogP contribution in [0.1, 0.15) is 27.7 Å². The molecular weight excluding hydrogens is 396 g/mol. The standard InChI is InChI=1S/C20H28N2O8/c1-9(2)21-13-11(17(23)27-5)16(20(26)30-8)22(10(3)4)14(13)12(18(24)28-6)15(21)19(25)29-7/h9-10,13-14H,1-8H3/t13-,14+. The first kappa shape index (κ1) is 23.2. The quantitative estimate of drug-likeness (QED) is 0.438. The van der Waals surface area contributed by atoms with Crippen LogP contribution in [0.3, 0.4) is 0 Å². The average Bonchev–Trinajstić information content (AvgIpc) is 3.23. The van der Waals surface area contributed by atoms with Crippen LogP contribution in [0.15, 0.2) is 22.5 Å².